The molecule has 3 heterocycles. The van der Waals surface area contributed by atoms with Gasteiger partial charge in [-0.25, -0.2) is 14.6 Å². The third-order valence-electron chi connectivity index (χ3n) is 5.40. The smallest absolute Gasteiger partial charge is 0.229 e. The monoisotopic (exact) mass is 440 g/mol. The Kier molecular flexibility index (Phi) is 6.08. The number of hydrogen-bond donors (Lipinski definition) is 1. The van der Waals surface area contributed by atoms with Gasteiger partial charge in [-0.05, 0) is 51.0 Å². The Hall–Kier alpha value is -3.13. The lowest BCUT2D eigenvalue weighted by atomic mass is 9.97. The first kappa shape index (κ1) is 21.1. The Bertz CT molecular complexity index is 1100. The van der Waals surface area contributed by atoms with Crippen molar-refractivity contribution >= 4 is 29.0 Å². The van der Waals surface area contributed by atoms with E-state index in [1.807, 2.05) is 30.7 Å². The molecule has 3 aromatic rings. The fourth-order valence-electron chi connectivity index (χ4n) is 3.87. The Morgan fingerprint density at radius 3 is 2.71 bits per heavy atom. The van der Waals surface area contributed by atoms with Gasteiger partial charge in [0.15, 0.2) is 5.82 Å². The quantitative estimate of drug-likeness (QED) is 0.649. The Labute approximate surface area is 186 Å². The molecule has 1 atom stereocenters. The molecular weight excluding hydrogens is 416 g/mol. The molecule has 2 aromatic heterocycles. The minimum atomic E-state index is -0.151. The standard InChI is InChI=1S/C22H25ClN6O2/c1-14-9-15(2)29(27-14)21-11-20(24-13-25-21)28-8-4-5-16(12-28)22(30)26-17-6-7-19(31-3)18(23)10-17/h6-7,9-11,13,16H,4-5,8,12H2,1-3H3,(H,26,30). The van der Waals surface area contributed by atoms with E-state index in [-0.39, 0.29) is 11.8 Å². The summed E-state index contributed by atoms with van der Waals surface area (Å²) in [5.41, 5.74) is 2.60. The molecule has 9 heteroatoms. The van der Waals surface area contributed by atoms with E-state index in [0.717, 1.165) is 42.4 Å². The fourth-order valence-corrected chi connectivity index (χ4v) is 4.13. The molecule has 162 valence electrons. The van der Waals surface area contributed by atoms with Crippen LogP contribution in [-0.4, -0.2) is 45.9 Å². The molecule has 0 aliphatic carbocycles. The lowest BCUT2D eigenvalue weighted by Gasteiger charge is -2.33. The van der Waals surface area contributed by atoms with Gasteiger partial charge in [0, 0.05) is 30.5 Å². The highest BCUT2D eigenvalue weighted by Gasteiger charge is 2.27. The zero-order chi connectivity index (χ0) is 22.0. The first-order chi connectivity index (χ1) is 14.9. The van der Waals surface area contributed by atoms with E-state index in [4.69, 9.17) is 16.3 Å². The van der Waals surface area contributed by atoms with Gasteiger partial charge in [-0.3, -0.25) is 4.79 Å². The number of rotatable bonds is 5. The number of aromatic nitrogens is 4. The van der Waals surface area contributed by atoms with Gasteiger partial charge in [0.05, 0.1) is 23.7 Å². The second-order valence-electron chi connectivity index (χ2n) is 7.70. The van der Waals surface area contributed by atoms with Gasteiger partial charge in [0.1, 0.15) is 17.9 Å². The number of carbonyl (C=O) groups excluding carboxylic acids is 1. The number of hydrogen-bond acceptors (Lipinski definition) is 6. The number of methoxy groups -OCH3 is 1. The van der Waals surface area contributed by atoms with Crippen LogP contribution in [0.4, 0.5) is 11.5 Å². The summed E-state index contributed by atoms with van der Waals surface area (Å²) in [7, 11) is 1.56. The van der Waals surface area contributed by atoms with Crippen molar-refractivity contribution in [3.05, 3.63) is 53.1 Å². The van der Waals surface area contributed by atoms with E-state index in [1.165, 1.54) is 0 Å². The number of amides is 1. The summed E-state index contributed by atoms with van der Waals surface area (Å²) < 4.78 is 6.97. The number of nitrogens with zero attached hydrogens (tertiary/aromatic N) is 5. The molecule has 1 unspecified atom stereocenters. The van der Waals surface area contributed by atoms with Gasteiger partial charge in [-0.15, -0.1) is 0 Å². The fraction of sp³-hybridized carbons (Fsp3) is 0.364. The highest BCUT2D eigenvalue weighted by molar-refractivity contribution is 6.32. The molecular formula is C22H25ClN6O2. The Morgan fingerprint density at radius 1 is 1.19 bits per heavy atom. The Balaban J connectivity index is 1.47. The van der Waals surface area contributed by atoms with Crippen molar-refractivity contribution in [2.75, 3.05) is 30.4 Å². The normalized spacial score (nSPS) is 16.3. The molecule has 0 spiro atoms. The predicted octanol–water partition coefficient (Wildman–Crippen LogP) is 3.80. The molecule has 1 aromatic carbocycles. The van der Waals surface area contributed by atoms with Crippen molar-refractivity contribution in [3.63, 3.8) is 0 Å². The zero-order valence-corrected chi connectivity index (χ0v) is 18.6. The second-order valence-corrected chi connectivity index (χ2v) is 8.10. The van der Waals surface area contributed by atoms with Crippen LogP contribution in [0.2, 0.25) is 5.02 Å². The zero-order valence-electron chi connectivity index (χ0n) is 17.8. The number of piperidine rings is 1. The van der Waals surface area contributed by atoms with Crippen LogP contribution in [0.25, 0.3) is 5.82 Å². The minimum Gasteiger partial charge on any atom is -0.495 e. The van der Waals surface area contributed by atoms with Crippen molar-refractivity contribution in [1.29, 1.82) is 0 Å². The number of nitrogens with one attached hydrogen (secondary N) is 1. The van der Waals surface area contributed by atoms with E-state index in [0.29, 0.717) is 23.0 Å². The molecule has 0 saturated carbocycles. The van der Waals surface area contributed by atoms with Gasteiger partial charge in [-0.1, -0.05) is 11.6 Å². The number of ether oxygens (including phenoxy) is 1. The number of halogens is 1. The van der Waals surface area contributed by atoms with E-state index in [2.05, 4.69) is 25.3 Å². The molecule has 1 aliphatic heterocycles. The average molecular weight is 441 g/mol. The van der Waals surface area contributed by atoms with Crippen molar-refractivity contribution < 1.29 is 9.53 Å². The topological polar surface area (TPSA) is 85.2 Å². The molecule has 1 amide bonds. The molecule has 4 rings (SSSR count). The lowest BCUT2D eigenvalue weighted by Crippen LogP contribution is -2.41. The van der Waals surface area contributed by atoms with Crippen LogP contribution < -0.4 is 15.0 Å². The van der Waals surface area contributed by atoms with Crippen LogP contribution in [0, 0.1) is 19.8 Å². The molecule has 0 bridgehead atoms. The van der Waals surface area contributed by atoms with Gasteiger partial charge in [0.25, 0.3) is 0 Å². The summed E-state index contributed by atoms with van der Waals surface area (Å²) in [6.07, 6.45) is 3.27. The summed E-state index contributed by atoms with van der Waals surface area (Å²) in [5.74, 6) is 1.91. The largest absolute Gasteiger partial charge is 0.495 e. The summed E-state index contributed by atoms with van der Waals surface area (Å²) in [6, 6.07) is 9.16. The molecule has 1 aliphatic rings. The Morgan fingerprint density at radius 2 is 2.00 bits per heavy atom. The van der Waals surface area contributed by atoms with Crippen LogP contribution in [0.15, 0.2) is 36.7 Å². The highest BCUT2D eigenvalue weighted by atomic mass is 35.5. The summed E-state index contributed by atoms with van der Waals surface area (Å²) in [6.45, 7) is 5.37. The molecule has 1 N–H and O–H groups in total. The van der Waals surface area contributed by atoms with Gasteiger partial charge in [0.2, 0.25) is 5.91 Å². The van der Waals surface area contributed by atoms with Crippen LogP contribution in [0.1, 0.15) is 24.2 Å². The third kappa shape index (κ3) is 4.64. The van der Waals surface area contributed by atoms with Crippen LogP contribution in [0.5, 0.6) is 5.75 Å². The van der Waals surface area contributed by atoms with Crippen molar-refractivity contribution in [2.24, 2.45) is 5.92 Å². The molecule has 8 nitrogen and oxygen atoms in total. The van der Waals surface area contributed by atoms with Crippen molar-refractivity contribution in [1.82, 2.24) is 19.7 Å². The first-order valence-corrected chi connectivity index (χ1v) is 10.6. The number of carbonyl (C=O) groups is 1. The average Bonchev–Trinajstić information content (AvgIpc) is 3.12. The maximum atomic E-state index is 12.9. The van der Waals surface area contributed by atoms with Crippen LogP contribution >= 0.6 is 11.6 Å². The molecule has 31 heavy (non-hydrogen) atoms. The summed E-state index contributed by atoms with van der Waals surface area (Å²) in [4.78, 5) is 23.8. The number of anilines is 2. The maximum absolute atomic E-state index is 12.9. The van der Waals surface area contributed by atoms with E-state index >= 15 is 0 Å². The summed E-state index contributed by atoms with van der Waals surface area (Å²) in [5, 5.41) is 7.93. The van der Waals surface area contributed by atoms with Crippen LogP contribution in [-0.2, 0) is 4.79 Å². The second kappa shape index (κ2) is 8.93. The number of benzene rings is 1. The van der Waals surface area contributed by atoms with Gasteiger partial charge >= 0.3 is 0 Å². The van der Waals surface area contributed by atoms with Gasteiger partial charge < -0.3 is 15.0 Å². The van der Waals surface area contributed by atoms with Crippen molar-refractivity contribution in [2.45, 2.75) is 26.7 Å². The minimum absolute atomic E-state index is 0.0289. The van der Waals surface area contributed by atoms with E-state index in [1.54, 1.807) is 31.6 Å². The van der Waals surface area contributed by atoms with E-state index < -0.39 is 0 Å². The van der Waals surface area contributed by atoms with Crippen molar-refractivity contribution in [3.8, 4) is 11.6 Å². The molecule has 1 fully saturated rings. The lowest BCUT2D eigenvalue weighted by molar-refractivity contribution is -0.120. The highest BCUT2D eigenvalue weighted by Crippen LogP contribution is 2.28. The molecule has 1 saturated heterocycles. The van der Waals surface area contributed by atoms with Gasteiger partial charge in [-0.2, -0.15) is 5.10 Å². The third-order valence-corrected chi connectivity index (χ3v) is 5.70. The molecule has 0 radical (unpaired) electrons. The maximum Gasteiger partial charge on any atom is 0.229 e. The van der Waals surface area contributed by atoms with Crippen LogP contribution in [0.3, 0.4) is 0 Å². The summed E-state index contributed by atoms with van der Waals surface area (Å²) >= 11 is 6.17. The first-order valence-electron chi connectivity index (χ1n) is 10.2. The number of aryl methyl sites for hydroxylation is 2. The SMILES string of the molecule is COc1ccc(NC(=O)C2CCCN(c3cc(-n4nc(C)cc4C)ncn3)C2)cc1Cl. The predicted molar refractivity (Wildman–Crippen MR) is 120 cm³/mol. The van der Waals surface area contributed by atoms with E-state index in [9.17, 15) is 4.79 Å².